The molecular formula is C19H14Cl2N2O4. The van der Waals surface area contributed by atoms with E-state index in [0.717, 1.165) is 6.07 Å². The average Bonchev–Trinajstić information content (AvgIpc) is 2.62. The van der Waals surface area contributed by atoms with Crippen molar-refractivity contribution in [2.45, 2.75) is 13.1 Å². The third-order valence-corrected chi connectivity index (χ3v) is 4.74. The molecule has 0 atom stereocenters. The summed E-state index contributed by atoms with van der Waals surface area (Å²) < 4.78 is 2.84. The minimum absolute atomic E-state index is 0.0796. The average molecular weight is 405 g/mol. The van der Waals surface area contributed by atoms with Crippen LogP contribution in [0.25, 0.3) is 0 Å². The summed E-state index contributed by atoms with van der Waals surface area (Å²) in [5, 5.41) is 9.74. The summed E-state index contributed by atoms with van der Waals surface area (Å²) in [5.74, 6) is -1.17. The lowest BCUT2D eigenvalue weighted by atomic mass is 10.1. The molecule has 0 aliphatic carbocycles. The molecule has 1 aromatic carbocycles. The molecule has 0 spiro atoms. The van der Waals surface area contributed by atoms with Crippen LogP contribution in [0.1, 0.15) is 21.5 Å². The van der Waals surface area contributed by atoms with Crippen LogP contribution in [0.15, 0.2) is 64.4 Å². The molecule has 6 nitrogen and oxygen atoms in total. The molecule has 0 fully saturated rings. The highest BCUT2D eigenvalue weighted by Gasteiger charge is 2.11. The Morgan fingerprint density at radius 2 is 1.44 bits per heavy atom. The standard InChI is InChI=1S/C19H14Cl2N2O4/c20-15-8-14(11-23-6-4-12(19(26)27)9-18(23)25)16(21)7-13(15)10-22-5-2-1-3-17(22)24/h1-9H,10-11H2,(H,26,27). The fourth-order valence-corrected chi connectivity index (χ4v) is 3.09. The quantitative estimate of drug-likeness (QED) is 0.708. The number of aromatic nitrogens is 2. The van der Waals surface area contributed by atoms with E-state index >= 15 is 0 Å². The second-order valence-electron chi connectivity index (χ2n) is 5.89. The van der Waals surface area contributed by atoms with E-state index in [-0.39, 0.29) is 24.2 Å². The van der Waals surface area contributed by atoms with Gasteiger partial charge < -0.3 is 14.2 Å². The largest absolute Gasteiger partial charge is 0.478 e. The Balaban J connectivity index is 1.89. The summed E-state index contributed by atoms with van der Waals surface area (Å²) in [6.07, 6.45) is 3.05. The maximum Gasteiger partial charge on any atom is 0.335 e. The van der Waals surface area contributed by atoms with Gasteiger partial charge in [0, 0.05) is 34.6 Å². The van der Waals surface area contributed by atoms with E-state index in [1.807, 2.05) is 0 Å². The summed E-state index contributed by atoms with van der Waals surface area (Å²) in [5.41, 5.74) is 0.591. The van der Waals surface area contributed by atoms with E-state index in [1.54, 1.807) is 30.5 Å². The Morgan fingerprint density at radius 3 is 1.96 bits per heavy atom. The summed E-state index contributed by atoms with van der Waals surface area (Å²) >= 11 is 12.7. The van der Waals surface area contributed by atoms with Crippen LogP contribution < -0.4 is 11.1 Å². The van der Waals surface area contributed by atoms with Gasteiger partial charge in [0.05, 0.1) is 18.7 Å². The monoisotopic (exact) mass is 404 g/mol. The number of carbonyl (C=O) groups is 1. The van der Waals surface area contributed by atoms with Crippen LogP contribution in [-0.4, -0.2) is 20.2 Å². The fraction of sp³-hybridized carbons (Fsp3) is 0.105. The maximum atomic E-state index is 12.1. The van der Waals surface area contributed by atoms with Gasteiger partial charge >= 0.3 is 5.97 Å². The van der Waals surface area contributed by atoms with Crippen LogP contribution >= 0.6 is 23.2 Å². The number of carboxylic acid groups (broad SMARTS) is 1. The van der Waals surface area contributed by atoms with Crippen molar-refractivity contribution >= 4 is 29.2 Å². The van der Waals surface area contributed by atoms with E-state index in [2.05, 4.69) is 0 Å². The van der Waals surface area contributed by atoms with Crippen LogP contribution in [-0.2, 0) is 13.1 Å². The van der Waals surface area contributed by atoms with E-state index in [9.17, 15) is 14.4 Å². The predicted octanol–water partition coefficient (Wildman–Crippen LogP) is 3.11. The van der Waals surface area contributed by atoms with Crippen molar-refractivity contribution in [1.29, 1.82) is 0 Å². The molecule has 8 heteroatoms. The molecule has 138 valence electrons. The van der Waals surface area contributed by atoms with E-state index < -0.39 is 11.5 Å². The van der Waals surface area contributed by atoms with Gasteiger partial charge in [-0.3, -0.25) is 9.59 Å². The number of pyridine rings is 2. The van der Waals surface area contributed by atoms with E-state index in [1.165, 1.54) is 27.5 Å². The van der Waals surface area contributed by atoms with Gasteiger partial charge in [0.1, 0.15) is 0 Å². The highest BCUT2D eigenvalue weighted by atomic mass is 35.5. The number of hydrogen-bond donors (Lipinski definition) is 1. The molecule has 27 heavy (non-hydrogen) atoms. The number of carboxylic acids is 1. The van der Waals surface area contributed by atoms with Crippen molar-refractivity contribution in [2.75, 3.05) is 0 Å². The van der Waals surface area contributed by atoms with Crippen molar-refractivity contribution in [1.82, 2.24) is 9.13 Å². The van der Waals surface area contributed by atoms with E-state index in [0.29, 0.717) is 21.2 Å². The summed E-state index contributed by atoms with van der Waals surface area (Å²) in [6.45, 7) is 0.411. The zero-order valence-electron chi connectivity index (χ0n) is 13.9. The SMILES string of the molecule is O=C(O)c1ccn(Cc2cc(Cl)c(Cn3ccccc3=O)cc2Cl)c(=O)c1. The van der Waals surface area contributed by atoms with Gasteiger partial charge in [0.25, 0.3) is 11.1 Å². The van der Waals surface area contributed by atoms with Gasteiger partial charge in [-0.05, 0) is 35.4 Å². The lowest BCUT2D eigenvalue weighted by molar-refractivity contribution is 0.0696. The zero-order valence-corrected chi connectivity index (χ0v) is 15.4. The third kappa shape index (κ3) is 4.30. The molecule has 0 aliphatic rings. The van der Waals surface area contributed by atoms with Gasteiger partial charge in [0.15, 0.2) is 0 Å². The van der Waals surface area contributed by atoms with Gasteiger partial charge in [-0.1, -0.05) is 29.3 Å². The summed E-state index contributed by atoms with van der Waals surface area (Å²) in [6, 6.07) is 10.6. The van der Waals surface area contributed by atoms with Gasteiger partial charge in [-0.25, -0.2) is 4.79 Å². The Morgan fingerprint density at radius 1 is 0.852 bits per heavy atom. The molecule has 0 aliphatic heterocycles. The topological polar surface area (TPSA) is 81.3 Å². The number of hydrogen-bond acceptors (Lipinski definition) is 3. The van der Waals surface area contributed by atoms with Crippen LogP contribution in [0.2, 0.25) is 10.0 Å². The minimum Gasteiger partial charge on any atom is -0.478 e. The predicted molar refractivity (Wildman–Crippen MR) is 103 cm³/mol. The number of rotatable bonds is 5. The number of aromatic carboxylic acids is 1. The number of halogens is 2. The van der Waals surface area contributed by atoms with Gasteiger partial charge in [-0.2, -0.15) is 0 Å². The van der Waals surface area contributed by atoms with Gasteiger partial charge in [0.2, 0.25) is 0 Å². The first-order chi connectivity index (χ1) is 12.8. The Bertz CT molecular complexity index is 1140. The lowest BCUT2D eigenvalue weighted by Crippen LogP contribution is -2.21. The molecule has 0 radical (unpaired) electrons. The first-order valence-electron chi connectivity index (χ1n) is 7.91. The van der Waals surface area contributed by atoms with Crippen molar-refractivity contribution < 1.29 is 9.90 Å². The van der Waals surface area contributed by atoms with Crippen LogP contribution in [0.3, 0.4) is 0 Å². The van der Waals surface area contributed by atoms with Crippen LogP contribution in [0.4, 0.5) is 0 Å². The Hall–Kier alpha value is -2.83. The maximum absolute atomic E-state index is 12.1. The third-order valence-electron chi connectivity index (χ3n) is 4.04. The highest BCUT2D eigenvalue weighted by molar-refractivity contribution is 6.34. The lowest BCUT2D eigenvalue weighted by Gasteiger charge is -2.12. The van der Waals surface area contributed by atoms with Crippen molar-refractivity contribution in [3.63, 3.8) is 0 Å². The molecule has 0 saturated heterocycles. The molecule has 0 bridgehead atoms. The van der Waals surface area contributed by atoms with Gasteiger partial charge in [-0.15, -0.1) is 0 Å². The summed E-state index contributed by atoms with van der Waals surface area (Å²) in [4.78, 5) is 34.8. The van der Waals surface area contributed by atoms with Crippen molar-refractivity contribution in [2.24, 2.45) is 0 Å². The fourth-order valence-electron chi connectivity index (χ4n) is 2.60. The highest BCUT2D eigenvalue weighted by Crippen LogP contribution is 2.26. The second-order valence-corrected chi connectivity index (χ2v) is 6.70. The van der Waals surface area contributed by atoms with Crippen molar-refractivity contribution in [3.8, 4) is 0 Å². The molecule has 3 rings (SSSR count). The first-order valence-corrected chi connectivity index (χ1v) is 8.67. The normalized spacial score (nSPS) is 10.7. The summed E-state index contributed by atoms with van der Waals surface area (Å²) in [7, 11) is 0. The number of nitrogens with zero attached hydrogens (tertiary/aromatic N) is 2. The zero-order chi connectivity index (χ0) is 19.6. The number of benzene rings is 1. The second kappa shape index (κ2) is 7.82. The Labute approximate surface area is 163 Å². The molecule has 0 unspecified atom stereocenters. The molecular weight excluding hydrogens is 391 g/mol. The molecule has 2 aromatic heterocycles. The molecule has 1 N–H and O–H groups in total. The van der Waals surface area contributed by atoms with Crippen LogP contribution in [0.5, 0.6) is 0 Å². The molecule has 0 amide bonds. The molecule has 3 aromatic rings. The minimum atomic E-state index is -1.17. The molecule has 0 saturated carbocycles. The first kappa shape index (κ1) is 18.9. The van der Waals surface area contributed by atoms with E-state index in [4.69, 9.17) is 28.3 Å². The van der Waals surface area contributed by atoms with Crippen LogP contribution in [0, 0.1) is 0 Å². The Kier molecular flexibility index (Phi) is 5.48. The molecule has 2 heterocycles. The smallest absolute Gasteiger partial charge is 0.335 e. The van der Waals surface area contributed by atoms with Crippen molar-refractivity contribution in [3.05, 3.63) is 102 Å².